The smallest absolute Gasteiger partial charge is 0.221 e. The third-order valence-corrected chi connectivity index (χ3v) is 2.57. The van der Waals surface area contributed by atoms with E-state index in [1.54, 1.807) is 0 Å². The minimum absolute atomic E-state index is 0.0905. The average Bonchev–Trinajstić information content (AvgIpc) is 2.30. The second-order valence-corrected chi connectivity index (χ2v) is 5.27. The van der Waals surface area contributed by atoms with E-state index in [9.17, 15) is 4.79 Å². The number of hydrogen-bond acceptors (Lipinski definition) is 2. The highest BCUT2D eigenvalue weighted by molar-refractivity contribution is 9.10. The molecule has 1 aromatic heterocycles. The van der Waals surface area contributed by atoms with E-state index < -0.39 is 0 Å². The maximum atomic E-state index is 11.0. The van der Waals surface area contributed by atoms with Gasteiger partial charge in [0.25, 0.3) is 0 Å². The van der Waals surface area contributed by atoms with Crippen molar-refractivity contribution in [2.45, 2.75) is 40.2 Å². The van der Waals surface area contributed by atoms with Gasteiger partial charge in [-0.05, 0) is 43.6 Å². The molecule has 0 saturated heterocycles. The fourth-order valence-corrected chi connectivity index (χ4v) is 1.98. The maximum Gasteiger partial charge on any atom is 0.221 e. The van der Waals surface area contributed by atoms with Gasteiger partial charge in [-0.15, -0.1) is 0 Å². The number of nitrogens with one attached hydrogen (secondary N) is 1. The van der Waals surface area contributed by atoms with Crippen LogP contribution in [-0.2, 0) is 10.3 Å². The lowest BCUT2D eigenvalue weighted by atomic mass is 10.1. The highest BCUT2D eigenvalue weighted by Gasteiger charge is 2.21. The van der Waals surface area contributed by atoms with Gasteiger partial charge in [-0.3, -0.25) is 9.48 Å². The first-order valence-electron chi connectivity index (χ1n) is 4.76. The third kappa shape index (κ3) is 2.59. The molecular formula is C10H16BrN3O. The molecule has 0 saturated carbocycles. The number of nitrogens with zero attached hydrogens (tertiary/aromatic N) is 2. The summed E-state index contributed by atoms with van der Waals surface area (Å²) in [6.45, 7) is 9.62. The minimum atomic E-state index is -0.0939. The summed E-state index contributed by atoms with van der Waals surface area (Å²) in [4.78, 5) is 11.0. The van der Waals surface area contributed by atoms with Gasteiger partial charge < -0.3 is 5.32 Å². The number of hydrogen-bond donors (Lipinski definition) is 1. The second kappa shape index (κ2) is 3.96. The molecule has 0 atom stereocenters. The van der Waals surface area contributed by atoms with E-state index in [4.69, 9.17) is 0 Å². The number of rotatable bonds is 1. The zero-order valence-electron chi connectivity index (χ0n) is 9.68. The summed E-state index contributed by atoms with van der Waals surface area (Å²) in [7, 11) is 0. The quantitative estimate of drug-likeness (QED) is 0.855. The molecule has 1 aromatic rings. The normalized spacial score (nSPS) is 11.6. The van der Waals surface area contributed by atoms with Gasteiger partial charge in [-0.1, -0.05) is 0 Å². The van der Waals surface area contributed by atoms with Crippen molar-refractivity contribution < 1.29 is 4.79 Å². The summed E-state index contributed by atoms with van der Waals surface area (Å²) in [5.41, 5.74) is 1.60. The SMILES string of the molecule is CC(=O)Nc1c(Br)nn(C(C)(C)C)c1C. The van der Waals surface area contributed by atoms with Crippen LogP contribution in [0.1, 0.15) is 33.4 Å². The van der Waals surface area contributed by atoms with Gasteiger partial charge in [0.05, 0.1) is 16.9 Å². The highest BCUT2D eigenvalue weighted by Crippen LogP contribution is 2.29. The first kappa shape index (κ1) is 12.2. The predicted molar refractivity (Wildman–Crippen MR) is 64.0 cm³/mol. The third-order valence-electron chi connectivity index (χ3n) is 2.01. The van der Waals surface area contributed by atoms with Crippen LogP contribution in [0.3, 0.4) is 0 Å². The number of anilines is 1. The Balaban J connectivity index is 3.21. The lowest BCUT2D eigenvalue weighted by Crippen LogP contribution is -2.24. The molecular weight excluding hydrogens is 258 g/mol. The van der Waals surface area contributed by atoms with Crippen molar-refractivity contribution in [2.24, 2.45) is 0 Å². The summed E-state index contributed by atoms with van der Waals surface area (Å²) in [6, 6.07) is 0. The number of halogens is 1. The molecule has 0 fully saturated rings. The molecule has 0 bridgehead atoms. The first-order valence-corrected chi connectivity index (χ1v) is 5.56. The highest BCUT2D eigenvalue weighted by atomic mass is 79.9. The van der Waals surface area contributed by atoms with E-state index in [1.165, 1.54) is 6.92 Å². The van der Waals surface area contributed by atoms with Gasteiger partial charge >= 0.3 is 0 Å². The zero-order chi connectivity index (χ0) is 11.8. The van der Waals surface area contributed by atoms with Crippen molar-refractivity contribution in [1.82, 2.24) is 9.78 Å². The van der Waals surface area contributed by atoms with E-state index >= 15 is 0 Å². The summed E-state index contributed by atoms with van der Waals surface area (Å²) in [5, 5.41) is 7.12. The summed E-state index contributed by atoms with van der Waals surface area (Å²) >= 11 is 3.34. The molecule has 84 valence electrons. The van der Waals surface area contributed by atoms with Crippen LogP contribution in [0.5, 0.6) is 0 Å². The van der Waals surface area contributed by atoms with E-state index in [0.29, 0.717) is 4.60 Å². The fourth-order valence-electron chi connectivity index (χ4n) is 1.44. The Morgan fingerprint density at radius 2 is 2.00 bits per heavy atom. The average molecular weight is 274 g/mol. The fraction of sp³-hybridized carbons (Fsp3) is 0.600. The maximum absolute atomic E-state index is 11.0. The minimum Gasteiger partial charge on any atom is -0.322 e. The number of carbonyl (C=O) groups is 1. The van der Waals surface area contributed by atoms with Crippen molar-refractivity contribution in [1.29, 1.82) is 0 Å². The zero-order valence-corrected chi connectivity index (χ0v) is 11.3. The Hall–Kier alpha value is -0.840. The van der Waals surface area contributed by atoms with Crippen molar-refractivity contribution in [3.8, 4) is 0 Å². The van der Waals surface area contributed by atoms with Crippen LogP contribution < -0.4 is 5.32 Å². The van der Waals surface area contributed by atoms with Gasteiger partial charge in [0.15, 0.2) is 4.60 Å². The molecule has 1 N–H and O–H groups in total. The molecule has 0 aliphatic rings. The van der Waals surface area contributed by atoms with Crippen LogP contribution in [0.25, 0.3) is 0 Å². The summed E-state index contributed by atoms with van der Waals surface area (Å²) in [5.74, 6) is -0.0905. The van der Waals surface area contributed by atoms with E-state index in [2.05, 4.69) is 47.1 Å². The van der Waals surface area contributed by atoms with Crippen LogP contribution in [0.15, 0.2) is 4.60 Å². The van der Waals surface area contributed by atoms with Gasteiger partial charge in [0.2, 0.25) is 5.91 Å². The van der Waals surface area contributed by atoms with Crippen molar-refractivity contribution in [2.75, 3.05) is 5.32 Å². The molecule has 0 radical (unpaired) electrons. The van der Waals surface area contributed by atoms with Crippen molar-refractivity contribution in [3.63, 3.8) is 0 Å². The standard InChI is InChI=1S/C10H16BrN3O/c1-6-8(12-7(2)15)9(11)13-14(6)10(3,4)5/h1-5H3,(H,12,15). The van der Waals surface area contributed by atoms with Crippen LogP contribution in [-0.4, -0.2) is 15.7 Å². The van der Waals surface area contributed by atoms with Crippen LogP contribution >= 0.6 is 15.9 Å². The van der Waals surface area contributed by atoms with Gasteiger partial charge in [0, 0.05) is 6.92 Å². The van der Waals surface area contributed by atoms with Crippen LogP contribution in [0.4, 0.5) is 5.69 Å². The Morgan fingerprint density at radius 3 is 2.33 bits per heavy atom. The van der Waals surface area contributed by atoms with E-state index in [1.807, 2.05) is 11.6 Å². The molecule has 5 heteroatoms. The molecule has 1 heterocycles. The van der Waals surface area contributed by atoms with E-state index in [0.717, 1.165) is 11.4 Å². The number of amides is 1. The van der Waals surface area contributed by atoms with Crippen LogP contribution in [0, 0.1) is 6.92 Å². The first-order chi connectivity index (χ1) is 6.73. The number of carbonyl (C=O) groups excluding carboxylic acids is 1. The van der Waals surface area contributed by atoms with Gasteiger partial charge in [-0.2, -0.15) is 5.10 Å². The van der Waals surface area contributed by atoms with E-state index in [-0.39, 0.29) is 11.4 Å². The molecule has 0 aliphatic carbocycles. The Labute approximate surface area is 98.2 Å². The molecule has 0 aliphatic heterocycles. The Morgan fingerprint density at radius 1 is 1.47 bits per heavy atom. The molecule has 0 aromatic carbocycles. The molecule has 0 unspecified atom stereocenters. The number of aromatic nitrogens is 2. The van der Waals surface area contributed by atoms with Crippen molar-refractivity contribution >= 4 is 27.5 Å². The molecule has 4 nitrogen and oxygen atoms in total. The predicted octanol–water partition coefficient (Wildman–Crippen LogP) is 2.67. The summed E-state index contributed by atoms with van der Waals surface area (Å²) in [6.07, 6.45) is 0. The monoisotopic (exact) mass is 273 g/mol. The van der Waals surface area contributed by atoms with Crippen molar-refractivity contribution in [3.05, 3.63) is 10.3 Å². The lowest BCUT2D eigenvalue weighted by molar-refractivity contribution is -0.114. The lowest BCUT2D eigenvalue weighted by Gasteiger charge is -2.21. The molecule has 1 rings (SSSR count). The van der Waals surface area contributed by atoms with Gasteiger partial charge in [0.1, 0.15) is 0 Å². The largest absolute Gasteiger partial charge is 0.322 e. The molecule has 0 spiro atoms. The second-order valence-electron chi connectivity index (χ2n) is 4.52. The van der Waals surface area contributed by atoms with Crippen LogP contribution in [0.2, 0.25) is 0 Å². The van der Waals surface area contributed by atoms with Gasteiger partial charge in [-0.25, -0.2) is 0 Å². The Kier molecular flexibility index (Phi) is 3.23. The molecule has 15 heavy (non-hydrogen) atoms. The molecule has 1 amide bonds. The topological polar surface area (TPSA) is 46.9 Å². The Bertz CT molecular complexity index is 390. The summed E-state index contributed by atoms with van der Waals surface area (Å²) < 4.78 is 2.56.